The van der Waals surface area contributed by atoms with Crippen LogP contribution in [0.2, 0.25) is 10.0 Å². The number of halogens is 5. The van der Waals surface area contributed by atoms with E-state index in [0.29, 0.717) is 22.9 Å². The van der Waals surface area contributed by atoms with Gasteiger partial charge in [-0.1, -0.05) is 35.3 Å². The zero-order chi connectivity index (χ0) is 15.6. The Kier molecular flexibility index (Phi) is 5.44. The molecule has 0 spiro atoms. The van der Waals surface area contributed by atoms with Gasteiger partial charge in [0.25, 0.3) is 0 Å². The zero-order valence-electron chi connectivity index (χ0n) is 11.7. The molecule has 0 aromatic heterocycles. The first-order valence-corrected chi connectivity index (χ1v) is 7.78. The van der Waals surface area contributed by atoms with Crippen molar-refractivity contribution >= 4 is 23.2 Å². The highest BCUT2D eigenvalue weighted by atomic mass is 35.5. The monoisotopic (exact) mass is 339 g/mol. The van der Waals surface area contributed by atoms with Gasteiger partial charge in [-0.05, 0) is 50.3 Å². The van der Waals surface area contributed by atoms with Crippen molar-refractivity contribution in [3.63, 3.8) is 0 Å². The molecule has 0 saturated heterocycles. The molecular formula is C15H18Cl2F3N. The van der Waals surface area contributed by atoms with E-state index in [1.165, 1.54) is 0 Å². The van der Waals surface area contributed by atoms with Gasteiger partial charge in [-0.25, -0.2) is 0 Å². The number of nitrogens with one attached hydrogen (secondary N) is 1. The second kappa shape index (κ2) is 6.76. The summed E-state index contributed by atoms with van der Waals surface area (Å²) in [7, 11) is 1.80. The lowest BCUT2D eigenvalue weighted by atomic mass is 9.76. The van der Waals surface area contributed by atoms with Crippen LogP contribution in [0.3, 0.4) is 0 Å². The summed E-state index contributed by atoms with van der Waals surface area (Å²) in [6.45, 7) is 0. The topological polar surface area (TPSA) is 12.0 Å². The van der Waals surface area contributed by atoms with Crippen LogP contribution in [0.15, 0.2) is 18.2 Å². The van der Waals surface area contributed by atoms with E-state index in [2.05, 4.69) is 5.32 Å². The Hall–Kier alpha value is -0.450. The minimum atomic E-state index is -4.08. The summed E-state index contributed by atoms with van der Waals surface area (Å²) in [5.74, 6) is -1.02. The van der Waals surface area contributed by atoms with Gasteiger partial charge in [0.1, 0.15) is 0 Å². The van der Waals surface area contributed by atoms with Crippen molar-refractivity contribution in [2.24, 2.45) is 11.8 Å². The van der Waals surface area contributed by atoms with Crippen molar-refractivity contribution in [3.8, 4) is 0 Å². The molecule has 1 atom stereocenters. The molecule has 118 valence electrons. The Morgan fingerprint density at radius 3 is 2.29 bits per heavy atom. The standard InChI is InChI=1S/C15H18Cl2F3N/c1-21-14(11-3-2-4-12(16)13(11)17)9-5-7-10(8-6-9)15(18,19)20/h2-4,9-10,14,21H,5-8H2,1H3. The fourth-order valence-electron chi connectivity index (χ4n) is 3.19. The Bertz CT molecular complexity index is 482. The van der Waals surface area contributed by atoms with Crippen molar-refractivity contribution < 1.29 is 13.2 Å². The molecule has 0 amide bonds. The van der Waals surface area contributed by atoms with Gasteiger partial charge < -0.3 is 5.32 Å². The van der Waals surface area contributed by atoms with Crippen LogP contribution in [0.5, 0.6) is 0 Å². The van der Waals surface area contributed by atoms with E-state index < -0.39 is 12.1 Å². The molecule has 1 unspecified atom stereocenters. The van der Waals surface area contributed by atoms with Crippen LogP contribution >= 0.6 is 23.2 Å². The molecule has 0 heterocycles. The highest BCUT2D eigenvalue weighted by molar-refractivity contribution is 6.42. The predicted octanol–water partition coefficient (Wildman–Crippen LogP) is 5.62. The maximum absolute atomic E-state index is 12.7. The van der Waals surface area contributed by atoms with Gasteiger partial charge >= 0.3 is 6.18 Å². The van der Waals surface area contributed by atoms with Crippen LogP contribution in [0, 0.1) is 11.8 Å². The van der Waals surface area contributed by atoms with Crippen LogP contribution in [-0.2, 0) is 0 Å². The first-order valence-electron chi connectivity index (χ1n) is 7.02. The highest BCUT2D eigenvalue weighted by Gasteiger charge is 2.42. The van der Waals surface area contributed by atoms with Gasteiger partial charge in [0.2, 0.25) is 0 Å². The van der Waals surface area contributed by atoms with Crippen LogP contribution in [0.1, 0.15) is 37.3 Å². The second-order valence-corrected chi connectivity index (χ2v) is 6.35. The van der Waals surface area contributed by atoms with Crippen LogP contribution in [0.4, 0.5) is 13.2 Å². The summed E-state index contributed by atoms with van der Waals surface area (Å²) >= 11 is 12.3. The van der Waals surface area contributed by atoms with E-state index in [1.54, 1.807) is 13.1 Å². The van der Waals surface area contributed by atoms with E-state index in [4.69, 9.17) is 23.2 Å². The molecule has 0 aliphatic heterocycles. The largest absolute Gasteiger partial charge is 0.391 e. The van der Waals surface area contributed by atoms with E-state index >= 15 is 0 Å². The summed E-state index contributed by atoms with van der Waals surface area (Å²) in [6.07, 6.45) is -2.63. The van der Waals surface area contributed by atoms with Crippen molar-refractivity contribution in [1.29, 1.82) is 0 Å². The normalized spacial score (nSPS) is 24.9. The van der Waals surface area contributed by atoms with Crippen LogP contribution in [0.25, 0.3) is 0 Å². The van der Waals surface area contributed by atoms with Crippen LogP contribution in [-0.4, -0.2) is 13.2 Å². The summed E-state index contributed by atoms with van der Waals surface area (Å²) in [6, 6.07) is 5.34. The third-order valence-electron chi connectivity index (χ3n) is 4.33. The minimum Gasteiger partial charge on any atom is -0.313 e. The summed E-state index contributed by atoms with van der Waals surface area (Å²) < 4.78 is 38.2. The third-order valence-corrected chi connectivity index (χ3v) is 5.17. The Labute approximate surface area is 132 Å². The van der Waals surface area contributed by atoms with E-state index in [0.717, 1.165) is 5.56 Å². The number of hydrogen-bond acceptors (Lipinski definition) is 1. The fraction of sp³-hybridized carbons (Fsp3) is 0.600. The molecule has 1 aromatic rings. The van der Waals surface area contributed by atoms with Gasteiger partial charge in [0.05, 0.1) is 16.0 Å². The van der Waals surface area contributed by atoms with Crippen molar-refractivity contribution in [2.75, 3.05) is 7.05 Å². The summed E-state index contributed by atoms with van der Waals surface area (Å²) in [4.78, 5) is 0. The lowest BCUT2D eigenvalue weighted by Gasteiger charge is -2.35. The lowest BCUT2D eigenvalue weighted by molar-refractivity contribution is -0.184. The molecule has 6 heteroatoms. The first kappa shape index (κ1) is 16.9. The lowest BCUT2D eigenvalue weighted by Crippen LogP contribution is -2.33. The molecule has 1 aliphatic rings. The Morgan fingerprint density at radius 1 is 1.14 bits per heavy atom. The average molecular weight is 340 g/mol. The molecule has 2 rings (SSSR count). The maximum Gasteiger partial charge on any atom is 0.391 e. The zero-order valence-corrected chi connectivity index (χ0v) is 13.2. The molecule has 1 aliphatic carbocycles. The fourth-order valence-corrected chi connectivity index (χ4v) is 3.61. The average Bonchev–Trinajstić information content (AvgIpc) is 2.44. The van der Waals surface area contributed by atoms with Gasteiger partial charge in [-0.15, -0.1) is 0 Å². The number of benzene rings is 1. The SMILES string of the molecule is CNC(c1cccc(Cl)c1Cl)C1CCC(C(F)(F)F)CC1. The molecule has 1 fully saturated rings. The Balaban J connectivity index is 2.12. The quantitative estimate of drug-likeness (QED) is 0.753. The Morgan fingerprint density at radius 2 is 1.76 bits per heavy atom. The number of alkyl halides is 3. The molecule has 21 heavy (non-hydrogen) atoms. The second-order valence-electron chi connectivity index (χ2n) is 5.56. The predicted molar refractivity (Wildman–Crippen MR) is 79.8 cm³/mol. The number of hydrogen-bond donors (Lipinski definition) is 1. The molecule has 1 nitrogen and oxygen atoms in total. The van der Waals surface area contributed by atoms with Gasteiger partial charge in [0.15, 0.2) is 0 Å². The van der Waals surface area contributed by atoms with Crippen LogP contribution < -0.4 is 5.32 Å². The molecule has 1 saturated carbocycles. The highest BCUT2D eigenvalue weighted by Crippen LogP contribution is 2.44. The molecule has 1 aromatic carbocycles. The molecule has 0 bridgehead atoms. The third kappa shape index (κ3) is 3.85. The van der Waals surface area contributed by atoms with E-state index in [1.807, 2.05) is 12.1 Å². The maximum atomic E-state index is 12.7. The van der Waals surface area contributed by atoms with Gasteiger partial charge in [0, 0.05) is 6.04 Å². The van der Waals surface area contributed by atoms with Gasteiger partial charge in [-0.3, -0.25) is 0 Å². The summed E-state index contributed by atoms with van der Waals surface area (Å²) in [5.41, 5.74) is 0.863. The van der Waals surface area contributed by atoms with E-state index in [9.17, 15) is 13.2 Å². The van der Waals surface area contributed by atoms with Crippen molar-refractivity contribution in [3.05, 3.63) is 33.8 Å². The molecule has 0 radical (unpaired) electrons. The first-order chi connectivity index (χ1) is 9.84. The minimum absolute atomic E-state index is 0.0645. The smallest absolute Gasteiger partial charge is 0.313 e. The van der Waals surface area contributed by atoms with Crippen molar-refractivity contribution in [1.82, 2.24) is 5.32 Å². The molecular weight excluding hydrogens is 322 g/mol. The van der Waals surface area contributed by atoms with E-state index in [-0.39, 0.29) is 24.8 Å². The van der Waals surface area contributed by atoms with Gasteiger partial charge in [-0.2, -0.15) is 13.2 Å². The molecule has 1 N–H and O–H groups in total. The summed E-state index contributed by atoms with van der Waals surface area (Å²) in [5, 5.41) is 4.14. The number of rotatable bonds is 3. The van der Waals surface area contributed by atoms with Crippen molar-refractivity contribution in [2.45, 2.75) is 37.9 Å².